The van der Waals surface area contributed by atoms with Crippen molar-refractivity contribution in [1.82, 2.24) is 15.5 Å². The average molecular weight is 390 g/mol. The van der Waals surface area contributed by atoms with Gasteiger partial charge in [0.05, 0.1) is 12.3 Å². The van der Waals surface area contributed by atoms with Crippen molar-refractivity contribution in [1.29, 1.82) is 0 Å². The molecule has 0 aliphatic carbocycles. The molecule has 1 aromatic carbocycles. The molecule has 0 aliphatic rings. The second kappa shape index (κ2) is 7.09. The molecule has 1 aromatic heterocycles. The summed E-state index contributed by atoms with van der Waals surface area (Å²) >= 11 is 5.84. The van der Waals surface area contributed by atoms with Crippen molar-refractivity contribution in [3.05, 3.63) is 40.5 Å². The standard InChI is InChI=1S/C15H17ClFN3O4S/c1-15(2,3)13(21)18-7-12-19-20-14(24-12)25(22,23)8-9-10(16)5-4-6-11(9)17/h4-6H,7-8H2,1-3H3,(H,18,21). The van der Waals surface area contributed by atoms with E-state index in [9.17, 15) is 17.6 Å². The normalized spacial score (nSPS) is 12.2. The molecular formula is C15H17ClFN3O4S. The Kier molecular flexibility index (Phi) is 5.48. The zero-order valence-electron chi connectivity index (χ0n) is 13.8. The van der Waals surface area contributed by atoms with E-state index in [0.29, 0.717) is 0 Å². The van der Waals surface area contributed by atoms with Gasteiger partial charge in [0, 0.05) is 16.0 Å². The van der Waals surface area contributed by atoms with E-state index >= 15 is 0 Å². The molecule has 136 valence electrons. The summed E-state index contributed by atoms with van der Waals surface area (Å²) < 4.78 is 43.4. The summed E-state index contributed by atoms with van der Waals surface area (Å²) in [7, 11) is -4.08. The first-order valence-electron chi connectivity index (χ1n) is 7.27. The van der Waals surface area contributed by atoms with Crippen molar-refractivity contribution in [3.8, 4) is 0 Å². The van der Waals surface area contributed by atoms with Crippen molar-refractivity contribution in [2.45, 2.75) is 38.3 Å². The van der Waals surface area contributed by atoms with Gasteiger partial charge in [0.2, 0.25) is 21.6 Å². The Morgan fingerprint density at radius 3 is 2.60 bits per heavy atom. The molecule has 0 unspecified atom stereocenters. The van der Waals surface area contributed by atoms with E-state index in [-0.39, 0.29) is 28.9 Å². The Hall–Kier alpha value is -2.00. The largest absolute Gasteiger partial charge is 0.411 e. The number of nitrogens with zero attached hydrogens (tertiary/aromatic N) is 2. The highest BCUT2D eigenvalue weighted by Gasteiger charge is 2.26. The minimum atomic E-state index is -4.08. The van der Waals surface area contributed by atoms with Gasteiger partial charge in [-0.3, -0.25) is 4.79 Å². The number of nitrogens with one attached hydrogen (secondary N) is 1. The third-order valence-corrected chi connectivity index (χ3v) is 4.91. The summed E-state index contributed by atoms with van der Waals surface area (Å²) in [6, 6.07) is 3.87. The molecule has 1 amide bonds. The Morgan fingerprint density at radius 2 is 2.00 bits per heavy atom. The summed E-state index contributed by atoms with van der Waals surface area (Å²) in [6.45, 7) is 5.07. The van der Waals surface area contributed by atoms with Gasteiger partial charge in [0.25, 0.3) is 0 Å². The predicted molar refractivity (Wildman–Crippen MR) is 87.9 cm³/mol. The molecule has 0 spiro atoms. The van der Waals surface area contributed by atoms with Gasteiger partial charge in [0.15, 0.2) is 0 Å². The van der Waals surface area contributed by atoms with Gasteiger partial charge in [-0.2, -0.15) is 0 Å². The summed E-state index contributed by atoms with van der Waals surface area (Å²) in [5, 5.41) is 8.93. The highest BCUT2D eigenvalue weighted by molar-refractivity contribution is 7.90. The van der Waals surface area contributed by atoms with Crippen molar-refractivity contribution in [2.24, 2.45) is 5.41 Å². The van der Waals surface area contributed by atoms with Crippen LogP contribution in [0.2, 0.25) is 5.02 Å². The molecule has 0 fully saturated rings. The van der Waals surface area contributed by atoms with Crippen LogP contribution >= 0.6 is 11.6 Å². The van der Waals surface area contributed by atoms with E-state index in [1.807, 2.05) is 0 Å². The molecule has 1 heterocycles. The fourth-order valence-corrected chi connectivity index (χ4v) is 3.27. The predicted octanol–water partition coefficient (Wildman–Crippen LogP) is 2.50. The van der Waals surface area contributed by atoms with Crippen LogP contribution < -0.4 is 5.32 Å². The highest BCUT2D eigenvalue weighted by atomic mass is 35.5. The lowest BCUT2D eigenvalue weighted by Crippen LogP contribution is -2.34. The van der Waals surface area contributed by atoms with Gasteiger partial charge in [-0.05, 0) is 12.1 Å². The van der Waals surface area contributed by atoms with Gasteiger partial charge in [0.1, 0.15) is 5.82 Å². The van der Waals surface area contributed by atoms with Crippen LogP contribution in [-0.2, 0) is 26.9 Å². The van der Waals surface area contributed by atoms with Crippen LogP contribution in [0.25, 0.3) is 0 Å². The Labute approximate surface area is 149 Å². The summed E-state index contributed by atoms with van der Waals surface area (Å²) in [5.74, 6) is -1.79. The topological polar surface area (TPSA) is 102 Å². The molecule has 2 rings (SSSR count). The first-order valence-corrected chi connectivity index (χ1v) is 9.30. The fraction of sp³-hybridized carbons (Fsp3) is 0.400. The van der Waals surface area contributed by atoms with Gasteiger partial charge >= 0.3 is 5.22 Å². The van der Waals surface area contributed by atoms with Crippen molar-refractivity contribution >= 4 is 27.3 Å². The van der Waals surface area contributed by atoms with E-state index in [1.54, 1.807) is 20.8 Å². The number of carbonyl (C=O) groups excluding carboxylic acids is 1. The minimum absolute atomic E-state index is 0.0132. The fourth-order valence-electron chi connectivity index (χ4n) is 1.78. The summed E-state index contributed by atoms with van der Waals surface area (Å²) in [5.41, 5.74) is -0.791. The van der Waals surface area contributed by atoms with Crippen LogP contribution in [0.1, 0.15) is 32.2 Å². The lowest BCUT2D eigenvalue weighted by atomic mass is 9.96. The number of carbonyl (C=O) groups is 1. The molecule has 10 heteroatoms. The number of rotatable bonds is 5. The van der Waals surface area contributed by atoms with Crippen LogP contribution in [0.4, 0.5) is 4.39 Å². The van der Waals surface area contributed by atoms with Crippen LogP contribution in [-0.4, -0.2) is 24.5 Å². The van der Waals surface area contributed by atoms with E-state index in [1.165, 1.54) is 12.1 Å². The highest BCUT2D eigenvalue weighted by Crippen LogP contribution is 2.24. The van der Waals surface area contributed by atoms with Gasteiger partial charge < -0.3 is 9.73 Å². The number of aromatic nitrogens is 2. The van der Waals surface area contributed by atoms with Gasteiger partial charge in [-0.25, -0.2) is 12.8 Å². The van der Waals surface area contributed by atoms with Crippen molar-refractivity contribution < 1.29 is 22.0 Å². The lowest BCUT2D eigenvalue weighted by molar-refractivity contribution is -0.128. The molecule has 0 atom stereocenters. The molecule has 0 saturated heterocycles. The Bertz CT molecular complexity index is 870. The molecule has 0 radical (unpaired) electrons. The SMILES string of the molecule is CC(C)(C)C(=O)NCc1nnc(S(=O)(=O)Cc2c(F)cccc2Cl)o1. The first-order chi connectivity index (χ1) is 11.5. The number of benzene rings is 1. The molecule has 2 aromatic rings. The zero-order chi connectivity index (χ0) is 18.8. The Balaban J connectivity index is 2.14. The van der Waals surface area contributed by atoms with Crippen LogP contribution in [0.3, 0.4) is 0 Å². The molecule has 1 N–H and O–H groups in total. The quantitative estimate of drug-likeness (QED) is 0.842. The van der Waals surface area contributed by atoms with Crippen LogP contribution in [0.5, 0.6) is 0 Å². The second-order valence-electron chi connectivity index (χ2n) is 6.35. The van der Waals surface area contributed by atoms with E-state index in [4.69, 9.17) is 16.0 Å². The number of sulfone groups is 1. The minimum Gasteiger partial charge on any atom is -0.411 e. The molecule has 0 bridgehead atoms. The lowest BCUT2D eigenvalue weighted by Gasteiger charge is -2.16. The van der Waals surface area contributed by atoms with Crippen LogP contribution in [0, 0.1) is 11.2 Å². The maximum Gasteiger partial charge on any atom is 0.335 e. The van der Waals surface area contributed by atoms with Gasteiger partial charge in [-0.15, -0.1) is 5.10 Å². The third kappa shape index (κ3) is 4.76. The smallest absolute Gasteiger partial charge is 0.335 e. The van der Waals surface area contributed by atoms with Crippen molar-refractivity contribution in [2.75, 3.05) is 0 Å². The third-order valence-electron chi connectivity index (χ3n) is 3.19. The molecule has 7 nitrogen and oxygen atoms in total. The zero-order valence-corrected chi connectivity index (χ0v) is 15.4. The second-order valence-corrected chi connectivity index (χ2v) is 8.63. The van der Waals surface area contributed by atoms with Crippen molar-refractivity contribution in [3.63, 3.8) is 0 Å². The van der Waals surface area contributed by atoms with E-state index < -0.39 is 32.0 Å². The summed E-state index contributed by atoms with van der Waals surface area (Å²) in [4.78, 5) is 11.8. The molecule has 0 saturated carbocycles. The molecule has 0 aliphatic heterocycles. The first kappa shape index (κ1) is 19.3. The number of amides is 1. The monoisotopic (exact) mass is 389 g/mol. The van der Waals surface area contributed by atoms with Gasteiger partial charge in [-0.1, -0.05) is 43.5 Å². The van der Waals surface area contributed by atoms with E-state index in [2.05, 4.69) is 15.5 Å². The Morgan fingerprint density at radius 1 is 1.32 bits per heavy atom. The van der Waals surface area contributed by atoms with E-state index in [0.717, 1.165) is 6.07 Å². The van der Waals surface area contributed by atoms with Crippen LogP contribution in [0.15, 0.2) is 27.8 Å². The maximum atomic E-state index is 13.8. The number of hydrogen-bond donors (Lipinski definition) is 1. The average Bonchev–Trinajstić information content (AvgIpc) is 2.97. The number of hydrogen-bond acceptors (Lipinski definition) is 6. The molecular weight excluding hydrogens is 373 g/mol. The number of halogens is 2. The maximum absolute atomic E-state index is 13.8. The molecule has 25 heavy (non-hydrogen) atoms. The summed E-state index contributed by atoms with van der Waals surface area (Å²) in [6.07, 6.45) is 0.